The summed E-state index contributed by atoms with van der Waals surface area (Å²) in [6.07, 6.45) is 0.421. The lowest BCUT2D eigenvalue weighted by molar-refractivity contribution is -0.492. The van der Waals surface area contributed by atoms with Crippen molar-refractivity contribution in [2.75, 3.05) is 26.4 Å². The van der Waals surface area contributed by atoms with Crippen LogP contribution < -0.4 is 5.32 Å². The van der Waals surface area contributed by atoms with E-state index in [0.717, 1.165) is 0 Å². The zero-order valence-corrected chi connectivity index (χ0v) is 19.1. The van der Waals surface area contributed by atoms with E-state index in [1.165, 1.54) is 0 Å². The van der Waals surface area contributed by atoms with Gasteiger partial charge in [0, 0.05) is 6.42 Å². The van der Waals surface area contributed by atoms with Crippen LogP contribution in [0, 0.1) is 0 Å². The molecule has 5 N–H and O–H groups in total. The van der Waals surface area contributed by atoms with Gasteiger partial charge in [-0.3, -0.25) is 35.3 Å². The molecular formula is C18H35N3O12. The maximum atomic E-state index is 12.4. The van der Waals surface area contributed by atoms with E-state index in [9.17, 15) is 14.4 Å². The number of nitrogens with one attached hydrogen (secondary N) is 1. The Hall–Kier alpha value is -2.11. The largest absolute Gasteiger partial charge is 0.466 e. The number of rotatable bonds is 17. The molecule has 0 aromatic carbocycles. The first-order valence-electron chi connectivity index (χ1n) is 10.3. The van der Waals surface area contributed by atoms with Crippen LogP contribution >= 0.6 is 0 Å². The number of nitrogens with zero attached hydrogens (tertiary/aromatic N) is 2. The Morgan fingerprint density at radius 1 is 0.818 bits per heavy atom. The third-order valence-electron chi connectivity index (χ3n) is 3.61. The molecule has 0 aliphatic heterocycles. The highest BCUT2D eigenvalue weighted by Gasteiger charge is 2.26. The third-order valence-corrected chi connectivity index (χ3v) is 3.61. The summed E-state index contributed by atoms with van der Waals surface area (Å²) in [5, 5.41) is 35.1. The number of amides is 1. The van der Waals surface area contributed by atoms with Crippen molar-refractivity contribution < 1.29 is 59.1 Å². The molecule has 0 aliphatic rings. The van der Waals surface area contributed by atoms with Gasteiger partial charge in [-0.15, -0.1) is 0 Å². The van der Waals surface area contributed by atoms with Crippen molar-refractivity contribution in [3.63, 3.8) is 0 Å². The molecule has 0 rings (SSSR count). The van der Waals surface area contributed by atoms with Crippen molar-refractivity contribution in [3.05, 3.63) is 0 Å². The molecule has 1 amide bonds. The normalized spacial score (nSPS) is 12.5. The quantitative estimate of drug-likeness (QED) is 0.0855. The smallest absolute Gasteiger partial charge is 0.408 e. The molecule has 0 heterocycles. The van der Waals surface area contributed by atoms with E-state index in [-0.39, 0.29) is 39.3 Å². The van der Waals surface area contributed by atoms with Crippen molar-refractivity contribution in [1.29, 1.82) is 0 Å². The van der Waals surface area contributed by atoms with Crippen LogP contribution in [-0.2, 0) is 33.5 Å². The van der Waals surface area contributed by atoms with Crippen molar-refractivity contribution >= 4 is 18.0 Å². The summed E-state index contributed by atoms with van der Waals surface area (Å²) in [5.41, 5.74) is -0.794. The number of unbranched alkanes of at least 4 members (excludes halogenated alkanes) is 2. The standard InChI is InChI=1S/C18H35N3O12/c1-18(2,3)33-17(24)19-14(16(23)30-11-5-7-13-32-21(27)28)8-9-15(22)29-10-4-6-12-31-20(25)26/h14,25-28H,4-13H2,1-3H3,(H,19,24)/t14-/m0/s1. The maximum Gasteiger partial charge on any atom is 0.408 e. The van der Waals surface area contributed by atoms with Gasteiger partial charge in [-0.2, -0.15) is 0 Å². The Morgan fingerprint density at radius 2 is 1.30 bits per heavy atom. The van der Waals surface area contributed by atoms with E-state index in [0.29, 0.717) is 25.7 Å². The summed E-state index contributed by atoms with van der Waals surface area (Å²) < 4.78 is 15.3. The first-order chi connectivity index (χ1) is 15.4. The van der Waals surface area contributed by atoms with Crippen LogP contribution in [0.5, 0.6) is 0 Å². The van der Waals surface area contributed by atoms with Crippen LogP contribution in [0.3, 0.4) is 0 Å². The molecule has 0 radical (unpaired) electrons. The number of ether oxygens (including phenoxy) is 3. The average molecular weight is 485 g/mol. The first kappa shape index (κ1) is 30.9. The number of alkyl carbamates (subject to hydrolysis) is 1. The summed E-state index contributed by atoms with van der Waals surface area (Å²) in [5.74, 6) is -1.37. The average Bonchev–Trinajstić information content (AvgIpc) is 2.68. The summed E-state index contributed by atoms with van der Waals surface area (Å²) >= 11 is 0. The fraction of sp³-hybridized carbons (Fsp3) is 0.833. The van der Waals surface area contributed by atoms with Gasteiger partial charge in [0.25, 0.3) is 0 Å². The van der Waals surface area contributed by atoms with E-state index in [2.05, 4.69) is 15.0 Å². The zero-order chi connectivity index (χ0) is 25.3. The van der Waals surface area contributed by atoms with Gasteiger partial charge < -0.3 is 19.5 Å². The molecule has 33 heavy (non-hydrogen) atoms. The minimum absolute atomic E-state index is 0.0135. The van der Waals surface area contributed by atoms with Crippen LogP contribution in [0.4, 0.5) is 4.79 Å². The monoisotopic (exact) mass is 485 g/mol. The van der Waals surface area contributed by atoms with Gasteiger partial charge in [0.15, 0.2) is 0 Å². The Kier molecular flexibility index (Phi) is 16.3. The van der Waals surface area contributed by atoms with Crippen LogP contribution in [0.2, 0.25) is 0 Å². The van der Waals surface area contributed by atoms with E-state index < -0.39 is 40.5 Å². The van der Waals surface area contributed by atoms with E-state index in [4.69, 9.17) is 35.0 Å². The topological polar surface area (TPSA) is 197 Å². The highest BCUT2D eigenvalue weighted by atomic mass is 17.1. The lowest BCUT2D eigenvalue weighted by atomic mass is 10.1. The van der Waals surface area contributed by atoms with Gasteiger partial charge in [-0.25, -0.2) is 9.59 Å². The Labute approximate surface area is 191 Å². The third kappa shape index (κ3) is 20.2. The minimum atomic E-state index is -1.15. The molecular weight excluding hydrogens is 450 g/mol. The van der Waals surface area contributed by atoms with Gasteiger partial charge in [-0.1, -0.05) is 0 Å². The second-order valence-electron chi connectivity index (χ2n) is 7.71. The molecule has 0 aromatic rings. The second kappa shape index (κ2) is 17.4. The second-order valence-corrected chi connectivity index (χ2v) is 7.71. The highest BCUT2D eigenvalue weighted by Crippen LogP contribution is 2.09. The summed E-state index contributed by atoms with van der Waals surface area (Å²) in [4.78, 5) is 45.1. The fourth-order valence-corrected chi connectivity index (χ4v) is 2.19. The van der Waals surface area contributed by atoms with Gasteiger partial charge in [-0.05, 0) is 52.9 Å². The fourth-order valence-electron chi connectivity index (χ4n) is 2.19. The van der Waals surface area contributed by atoms with Crippen molar-refractivity contribution in [1.82, 2.24) is 16.1 Å². The molecule has 0 bridgehead atoms. The Balaban J connectivity index is 4.47. The number of esters is 2. The molecule has 0 aromatic heterocycles. The molecule has 15 nitrogen and oxygen atoms in total. The number of hydrogen-bond acceptors (Lipinski definition) is 14. The number of carbonyl (C=O) groups is 3. The van der Waals surface area contributed by atoms with Gasteiger partial charge in [0.1, 0.15) is 11.6 Å². The van der Waals surface area contributed by atoms with Crippen LogP contribution in [0.15, 0.2) is 0 Å². The molecule has 0 saturated carbocycles. The Morgan fingerprint density at radius 3 is 1.79 bits per heavy atom. The van der Waals surface area contributed by atoms with Crippen molar-refractivity contribution in [2.45, 2.75) is 70.9 Å². The summed E-state index contributed by atoms with van der Waals surface area (Å²) in [6.45, 7) is 5.02. The lowest BCUT2D eigenvalue weighted by Crippen LogP contribution is -2.44. The molecule has 0 unspecified atom stereocenters. The first-order valence-corrected chi connectivity index (χ1v) is 10.3. The molecule has 0 spiro atoms. The van der Waals surface area contributed by atoms with E-state index in [1.54, 1.807) is 20.8 Å². The van der Waals surface area contributed by atoms with E-state index in [1.807, 2.05) is 0 Å². The predicted molar refractivity (Wildman–Crippen MR) is 106 cm³/mol. The molecule has 0 saturated heterocycles. The van der Waals surface area contributed by atoms with Crippen LogP contribution in [0.1, 0.15) is 59.3 Å². The van der Waals surface area contributed by atoms with Gasteiger partial charge >= 0.3 is 18.0 Å². The lowest BCUT2D eigenvalue weighted by Gasteiger charge is -2.23. The predicted octanol–water partition coefficient (Wildman–Crippen LogP) is 1.33. The molecule has 194 valence electrons. The van der Waals surface area contributed by atoms with Gasteiger partial charge in [0.2, 0.25) is 0 Å². The van der Waals surface area contributed by atoms with Gasteiger partial charge in [0.05, 0.1) is 37.2 Å². The molecule has 1 atom stereocenters. The van der Waals surface area contributed by atoms with Crippen molar-refractivity contribution in [2.24, 2.45) is 0 Å². The maximum absolute atomic E-state index is 12.4. The summed E-state index contributed by atoms with van der Waals surface area (Å²) in [6, 6.07) is -1.15. The van der Waals surface area contributed by atoms with E-state index >= 15 is 0 Å². The zero-order valence-electron chi connectivity index (χ0n) is 19.1. The van der Waals surface area contributed by atoms with Crippen molar-refractivity contribution in [3.8, 4) is 0 Å². The van der Waals surface area contributed by atoms with Crippen LogP contribution in [-0.4, -0.2) is 87.7 Å². The number of carbonyl (C=O) groups excluding carboxylic acids is 3. The summed E-state index contributed by atoms with van der Waals surface area (Å²) in [7, 11) is 0. The minimum Gasteiger partial charge on any atom is -0.466 e. The number of hydrogen-bond donors (Lipinski definition) is 5. The Bertz CT molecular complexity index is 568. The highest BCUT2D eigenvalue weighted by molar-refractivity contribution is 5.82. The molecule has 0 fully saturated rings. The molecule has 15 heteroatoms. The molecule has 0 aliphatic carbocycles. The van der Waals surface area contributed by atoms with Crippen LogP contribution in [0.25, 0.3) is 0 Å². The SMILES string of the molecule is CC(C)(C)OC(=O)N[C@@H](CCC(=O)OCCCCON(O)O)C(=O)OCCCCON(O)O.